The Morgan fingerprint density at radius 1 is 1.00 bits per heavy atom. The van der Waals surface area contributed by atoms with Gasteiger partial charge in [0.1, 0.15) is 0 Å². The number of rotatable bonds is 10. The molecule has 4 nitrogen and oxygen atoms in total. The summed E-state index contributed by atoms with van der Waals surface area (Å²) in [5.74, 6) is 0.482. The summed E-state index contributed by atoms with van der Waals surface area (Å²) >= 11 is 0. The predicted octanol–water partition coefficient (Wildman–Crippen LogP) is 9.72. The summed E-state index contributed by atoms with van der Waals surface area (Å²) in [7, 11) is 7.75. The first-order valence-corrected chi connectivity index (χ1v) is 13.8. The van der Waals surface area contributed by atoms with Crippen LogP contribution in [0.25, 0.3) is 0 Å². The number of anilines is 1. The molecule has 0 fully saturated rings. The second kappa shape index (κ2) is 27.8. The molecule has 0 heterocycles. The van der Waals surface area contributed by atoms with Crippen LogP contribution in [0.4, 0.5) is 5.69 Å². The largest absolute Gasteiger partial charge is 0.355 e. The molecule has 1 N–H and O–H groups in total. The van der Waals surface area contributed by atoms with Crippen LogP contribution in [0.15, 0.2) is 107 Å². The fourth-order valence-corrected chi connectivity index (χ4v) is 2.55. The van der Waals surface area contributed by atoms with Crippen LogP contribution in [0.1, 0.15) is 67.4 Å². The highest BCUT2D eigenvalue weighted by Gasteiger charge is 2.03. The molecule has 0 bridgehead atoms. The van der Waals surface area contributed by atoms with Crippen LogP contribution in [0.3, 0.4) is 0 Å². The lowest BCUT2D eigenvalue weighted by Gasteiger charge is -2.10. The van der Waals surface area contributed by atoms with E-state index >= 15 is 0 Å². The standard InChI is InChI=1S/C23H32N2.C5H9N.C4H8.C3H9N/c1-8-20-11-13-23(14-12-20)25-19(7)18(6)24-16-22(10-3)21(9-2)15-17(4)5;1-3-4-5-6-2;1-3-4-2;1-4(2)3/h9,11-17,25H,2,7-8,10H2,1,3-6H3;3-5H,1-2H3;3-4H,1-2H3;1-3H3/b21-15+,22-16+,24-18?;4-3-,6-5?;4-3-;. The molecule has 0 amide bonds. The molecule has 0 aliphatic carbocycles. The van der Waals surface area contributed by atoms with Crippen molar-refractivity contribution in [3.05, 3.63) is 102 Å². The van der Waals surface area contributed by atoms with Crippen LogP contribution in [-0.4, -0.2) is 45.0 Å². The van der Waals surface area contributed by atoms with Gasteiger partial charge in [0, 0.05) is 25.1 Å². The van der Waals surface area contributed by atoms with E-state index in [0.29, 0.717) is 5.92 Å². The SMILES string of the molecule is C/C=C\C.C/C=C\C=NC.C=CC(=C\C(C)C)/C(=C/N=C(C)C(=C)Nc1ccc(CC)cc1)CC.CN(C)C. The van der Waals surface area contributed by atoms with Crippen molar-refractivity contribution in [2.45, 2.75) is 68.2 Å². The smallest absolute Gasteiger partial charge is 0.0601 e. The molecule has 0 saturated heterocycles. The predicted molar refractivity (Wildman–Crippen MR) is 183 cm³/mol. The monoisotopic (exact) mass is 534 g/mol. The highest BCUT2D eigenvalue weighted by Crippen LogP contribution is 2.18. The van der Waals surface area contributed by atoms with Crippen molar-refractivity contribution in [1.29, 1.82) is 0 Å². The van der Waals surface area contributed by atoms with E-state index in [4.69, 9.17) is 0 Å². The Hall–Kier alpha value is -3.24. The molecule has 218 valence electrons. The van der Waals surface area contributed by atoms with E-state index in [2.05, 4.69) is 86.5 Å². The molecular weight excluding hydrogens is 476 g/mol. The molecule has 0 radical (unpaired) electrons. The van der Waals surface area contributed by atoms with E-state index in [1.54, 1.807) is 13.3 Å². The third-order valence-electron chi connectivity index (χ3n) is 4.75. The minimum absolute atomic E-state index is 0.482. The number of nitrogens with one attached hydrogen (secondary N) is 1. The van der Waals surface area contributed by atoms with Crippen molar-refractivity contribution in [2.24, 2.45) is 15.9 Å². The zero-order valence-corrected chi connectivity index (χ0v) is 27.2. The number of nitrogens with zero attached hydrogens (tertiary/aromatic N) is 3. The molecule has 39 heavy (non-hydrogen) atoms. The first-order valence-electron chi connectivity index (χ1n) is 13.8. The van der Waals surface area contributed by atoms with Crippen LogP contribution < -0.4 is 5.32 Å². The normalized spacial score (nSPS) is 12.1. The van der Waals surface area contributed by atoms with Crippen LogP contribution in [0, 0.1) is 5.92 Å². The quantitative estimate of drug-likeness (QED) is 0.184. The van der Waals surface area contributed by atoms with E-state index in [1.165, 1.54) is 11.1 Å². The van der Waals surface area contributed by atoms with Gasteiger partial charge < -0.3 is 10.2 Å². The minimum Gasteiger partial charge on any atom is -0.355 e. The Morgan fingerprint density at radius 2 is 1.54 bits per heavy atom. The van der Waals surface area contributed by atoms with Crippen LogP contribution in [0.5, 0.6) is 0 Å². The zero-order chi connectivity index (χ0) is 30.6. The molecule has 1 aromatic carbocycles. The average molecular weight is 535 g/mol. The van der Waals surface area contributed by atoms with Gasteiger partial charge in [0.05, 0.1) is 11.4 Å². The van der Waals surface area contributed by atoms with Gasteiger partial charge in [-0.1, -0.05) is 83.4 Å². The summed E-state index contributed by atoms with van der Waals surface area (Å²) < 4.78 is 0. The second-order valence-electron chi connectivity index (χ2n) is 9.39. The topological polar surface area (TPSA) is 40.0 Å². The lowest BCUT2D eigenvalue weighted by molar-refractivity contribution is 0.505. The molecule has 0 spiro atoms. The minimum atomic E-state index is 0.482. The lowest BCUT2D eigenvalue weighted by atomic mass is 10.0. The molecule has 1 rings (SSSR count). The number of allylic oxidation sites excluding steroid dienone is 9. The Labute approximate surface area is 242 Å². The summed E-state index contributed by atoms with van der Waals surface area (Å²) in [6.07, 6.45) is 17.6. The van der Waals surface area contributed by atoms with Crippen molar-refractivity contribution in [1.82, 2.24) is 4.90 Å². The number of benzene rings is 1. The third-order valence-corrected chi connectivity index (χ3v) is 4.75. The highest BCUT2D eigenvalue weighted by molar-refractivity contribution is 6.00. The van der Waals surface area contributed by atoms with Gasteiger partial charge >= 0.3 is 0 Å². The van der Waals surface area contributed by atoms with Crippen molar-refractivity contribution in [2.75, 3.05) is 33.5 Å². The van der Waals surface area contributed by atoms with Crippen LogP contribution in [0.2, 0.25) is 0 Å². The van der Waals surface area contributed by atoms with Gasteiger partial charge in [0.15, 0.2) is 0 Å². The summed E-state index contributed by atoms with van der Waals surface area (Å²) in [6.45, 7) is 24.6. The van der Waals surface area contributed by atoms with Crippen molar-refractivity contribution in [3.63, 3.8) is 0 Å². The second-order valence-corrected chi connectivity index (χ2v) is 9.39. The van der Waals surface area contributed by atoms with Gasteiger partial charge in [-0.25, -0.2) is 0 Å². The maximum Gasteiger partial charge on any atom is 0.0601 e. The fourth-order valence-electron chi connectivity index (χ4n) is 2.55. The molecule has 1 aromatic rings. The Kier molecular flexibility index (Phi) is 28.7. The third kappa shape index (κ3) is 26.2. The number of hydrogen-bond acceptors (Lipinski definition) is 4. The summed E-state index contributed by atoms with van der Waals surface area (Å²) in [6, 6.07) is 8.41. The van der Waals surface area contributed by atoms with Gasteiger partial charge in [-0.05, 0) is 103 Å². The maximum atomic E-state index is 4.61. The lowest BCUT2D eigenvalue weighted by Crippen LogP contribution is -2.06. The van der Waals surface area contributed by atoms with E-state index in [0.717, 1.165) is 35.5 Å². The molecular formula is C35H58N4. The van der Waals surface area contributed by atoms with Crippen LogP contribution >= 0.6 is 0 Å². The molecule has 0 atom stereocenters. The molecule has 0 unspecified atom stereocenters. The first-order chi connectivity index (χ1) is 18.5. The van der Waals surface area contributed by atoms with Gasteiger partial charge in [-0.3, -0.25) is 9.98 Å². The van der Waals surface area contributed by atoms with Crippen molar-refractivity contribution >= 4 is 17.6 Å². The summed E-state index contributed by atoms with van der Waals surface area (Å²) in [4.78, 5) is 10.3. The Balaban J connectivity index is -0.000000759. The van der Waals surface area contributed by atoms with Gasteiger partial charge in [0.25, 0.3) is 0 Å². The van der Waals surface area contributed by atoms with E-state index in [-0.39, 0.29) is 0 Å². The van der Waals surface area contributed by atoms with E-state index in [9.17, 15) is 0 Å². The number of hydrogen-bond donors (Lipinski definition) is 1. The molecule has 0 aliphatic heterocycles. The molecule has 4 heteroatoms. The van der Waals surface area contributed by atoms with Crippen molar-refractivity contribution < 1.29 is 0 Å². The van der Waals surface area contributed by atoms with Gasteiger partial charge in [0.2, 0.25) is 0 Å². The maximum absolute atomic E-state index is 4.61. The van der Waals surface area contributed by atoms with E-state index in [1.807, 2.05) is 90.3 Å². The van der Waals surface area contributed by atoms with Gasteiger partial charge in [-0.2, -0.15) is 0 Å². The zero-order valence-electron chi connectivity index (χ0n) is 27.2. The fraction of sp³-hybridized carbons (Fsp3) is 0.429. The Bertz CT molecular complexity index is 921. The number of aliphatic imine (C=N–C) groups is 2. The van der Waals surface area contributed by atoms with E-state index < -0.39 is 0 Å². The number of aryl methyl sites for hydroxylation is 1. The molecule has 0 aromatic heterocycles. The first kappa shape index (κ1) is 40.3. The molecule has 0 aliphatic rings. The van der Waals surface area contributed by atoms with Gasteiger partial charge in [-0.15, -0.1) is 0 Å². The molecule has 0 saturated carbocycles. The van der Waals surface area contributed by atoms with Crippen LogP contribution in [-0.2, 0) is 6.42 Å². The van der Waals surface area contributed by atoms with Crippen molar-refractivity contribution in [3.8, 4) is 0 Å². The summed E-state index contributed by atoms with van der Waals surface area (Å²) in [5, 5.41) is 3.32. The highest BCUT2D eigenvalue weighted by atomic mass is 15.0. The Morgan fingerprint density at radius 3 is 1.87 bits per heavy atom. The summed E-state index contributed by atoms with van der Waals surface area (Å²) in [5.41, 5.74) is 6.38. The average Bonchev–Trinajstić information content (AvgIpc) is 2.91.